The van der Waals surface area contributed by atoms with Gasteiger partial charge in [0.25, 0.3) is 0 Å². The molecular formula is C11H13N4O4+. The summed E-state index contributed by atoms with van der Waals surface area (Å²) in [4.78, 5) is 38.3. The minimum absolute atomic E-state index is 0.00741. The number of imide groups is 1. The number of urea groups is 2. The Morgan fingerprint density at radius 3 is 2.58 bits per heavy atom. The van der Waals surface area contributed by atoms with E-state index in [9.17, 15) is 14.4 Å². The Bertz CT molecular complexity index is 533. The van der Waals surface area contributed by atoms with Crippen LogP contribution in [0.2, 0.25) is 0 Å². The van der Waals surface area contributed by atoms with Crippen molar-refractivity contribution in [2.24, 2.45) is 5.73 Å². The van der Waals surface area contributed by atoms with Gasteiger partial charge in [0.2, 0.25) is 0 Å². The molecule has 19 heavy (non-hydrogen) atoms. The van der Waals surface area contributed by atoms with Crippen LogP contribution in [-0.4, -0.2) is 45.2 Å². The molecule has 2 heterocycles. The van der Waals surface area contributed by atoms with Crippen LogP contribution in [0, 0.1) is 0 Å². The molecule has 0 bridgehead atoms. The number of primary amides is 1. The fraction of sp³-hybridized carbons (Fsp3) is 0.273. The number of nitrogens with one attached hydrogen (secondary N) is 1. The number of carbonyl (C=O) groups is 3. The number of amides is 4. The van der Waals surface area contributed by atoms with Gasteiger partial charge in [-0.25, -0.2) is 14.4 Å². The van der Waals surface area contributed by atoms with Crippen molar-refractivity contribution < 1.29 is 24.0 Å². The van der Waals surface area contributed by atoms with Crippen LogP contribution in [0.4, 0.5) is 9.59 Å². The van der Waals surface area contributed by atoms with E-state index in [2.05, 4.69) is 10.3 Å². The van der Waals surface area contributed by atoms with Crippen LogP contribution < -0.4 is 11.1 Å². The molecule has 2 rings (SSSR count). The van der Waals surface area contributed by atoms with Gasteiger partial charge in [0, 0.05) is 18.0 Å². The predicted octanol–water partition coefficient (Wildman–Crippen LogP) is -0.346. The highest BCUT2D eigenvalue weighted by molar-refractivity contribution is 5.88. The molecule has 0 aliphatic carbocycles. The molecular weight excluding hydrogens is 252 g/mol. The summed E-state index contributed by atoms with van der Waals surface area (Å²) in [6.07, 6.45) is 3.05. The second kappa shape index (κ2) is 4.65. The van der Waals surface area contributed by atoms with Crippen molar-refractivity contribution in [2.75, 3.05) is 6.54 Å². The van der Waals surface area contributed by atoms with Crippen molar-refractivity contribution in [3.63, 3.8) is 0 Å². The van der Waals surface area contributed by atoms with Crippen molar-refractivity contribution in [1.82, 2.24) is 10.3 Å². The van der Waals surface area contributed by atoms with Gasteiger partial charge in [-0.2, -0.15) is 4.48 Å². The summed E-state index contributed by atoms with van der Waals surface area (Å²) >= 11 is 0. The maximum Gasteiger partial charge on any atom is 0.426 e. The summed E-state index contributed by atoms with van der Waals surface area (Å²) in [5.41, 5.74) is 5.97. The zero-order chi connectivity index (χ0) is 14.0. The summed E-state index contributed by atoms with van der Waals surface area (Å²) in [6, 6.07) is 0.603. The number of quaternary nitrogens is 1. The molecule has 1 fully saturated rings. The van der Waals surface area contributed by atoms with Crippen LogP contribution in [0.1, 0.15) is 5.56 Å². The normalized spacial score (nSPS) is 25.9. The first-order valence-corrected chi connectivity index (χ1v) is 5.55. The van der Waals surface area contributed by atoms with Gasteiger partial charge < -0.3 is 10.8 Å². The number of aliphatic carboxylic acids is 1. The minimum Gasteiger partial charge on any atom is -0.480 e. The largest absolute Gasteiger partial charge is 0.480 e. The van der Waals surface area contributed by atoms with Crippen molar-refractivity contribution in [3.8, 4) is 0 Å². The lowest BCUT2D eigenvalue weighted by atomic mass is 10.2. The molecule has 2 atom stereocenters. The molecule has 1 aromatic rings. The standard InChI is InChI=1S/C11H12N4O4/c12-10(18)15(5-7-1-3-13-4-2-7)6-8(9(16)17)14-11(15)19/h1-4,8H,5-6H2,(H3-,12,14,16,17,18,19)/p+1/t8-,15?/m1/s1. The fourth-order valence-corrected chi connectivity index (χ4v) is 2.06. The average Bonchev–Trinajstić information content (AvgIpc) is 2.70. The van der Waals surface area contributed by atoms with E-state index in [1.54, 1.807) is 12.1 Å². The average molecular weight is 265 g/mol. The fourth-order valence-electron chi connectivity index (χ4n) is 2.06. The molecule has 8 nitrogen and oxygen atoms in total. The third-order valence-corrected chi connectivity index (χ3v) is 3.10. The van der Waals surface area contributed by atoms with Crippen LogP contribution in [0.3, 0.4) is 0 Å². The molecule has 1 unspecified atom stereocenters. The van der Waals surface area contributed by atoms with E-state index < -0.39 is 28.6 Å². The Kier molecular flexibility index (Phi) is 3.17. The van der Waals surface area contributed by atoms with Gasteiger partial charge in [0.1, 0.15) is 13.1 Å². The van der Waals surface area contributed by atoms with Crippen molar-refractivity contribution in [3.05, 3.63) is 30.1 Å². The highest BCUT2D eigenvalue weighted by Gasteiger charge is 2.54. The Hall–Kier alpha value is -2.48. The molecule has 1 aromatic heterocycles. The third-order valence-electron chi connectivity index (χ3n) is 3.10. The predicted molar refractivity (Wildman–Crippen MR) is 62.6 cm³/mol. The number of pyridine rings is 1. The number of carboxylic acid groups (broad SMARTS) is 1. The zero-order valence-electron chi connectivity index (χ0n) is 9.94. The maximum absolute atomic E-state index is 11.9. The molecule has 0 spiro atoms. The first-order chi connectivity index (χ1) is 8.95. The summed E-state index contributed by atoms with van der Waals surface area (Å²) in [5, 5.41) is 11.2. The van der Waals surface area contributed by atoms with E-state index in [0.29, 0.717) is 5.56 Å². The van der Waals surface area contributed by atoms with Crippen LogP contribution in [0.5, 0.6) is 0 Å². The molecule has 4 amide bonds. The lowest BCUT2D eigenvalue weighted by molar-refractivity contribution is -0.771. The van der Waals surface area contributed by atoms with Gasteiger partial charge in [-0.15, -0.1) is 0 Å². The van der Waals surface area contributed by atoms with Crippen molar-refractivity contribution in [2.45, 2.75) is 12.6 Å². The Labute approximate surface area is 108 Å². The summed E-state index contributed by atoms with van der Waals surface area (Å²) in [5.74, 6) is -1.19. The number of hydrogen-bond donors (Lipinski definition) is 3. The van der Waals surface area contributed by atoms with Crippen LogP contribution >= 0.6 is 0 Å². The van der Waals surface area contributed by atoms with E-state index in [-0.39, 0.29) is 13.1 Å². The van der Waals surface area contributed by atoms with Crippen LogP contribution in [-0.2, 0) is 11.3 Å². The first-order valence-electron chi connectivity index (χ1n) is 5.55. The van der Waals surface area contributed by atoms with Crippen molar-refractivity contribution >= 4 is 18.0 Å². The second-order valence-electron chi connectivity index (χ2n) is 4.34. The van der Waals surface area contributed by atoms with Gasteiger partial charge in [-0.1, -0.05) is 0 Å². The molecule has 0 aromatic carbocycles. The molecule has 4 N–H and O–H groups in total. The molecule has 1 saturated heterocycles. The SMILES string of the molecule is NC(=O)[N+]1(Cc2ccncc2)C[C@H](C(=O)O)NC1=O. The number of carbonyl (C=O) groups excluding carboxylic acids is 2. The maximum atomic E-state index is 11.9. The lowest BCUT2D eigenvalue weighted by Gasteiger charge is -2.24. The van der Waals surface area contributed by atoms with E-state index in [0.717, 1.165) is 0 Å². The molecule has 1 aliphatic heterocycles. The summed E-state index contributed by atoms with van der Waals surface area (Å²) < 4.78 is -0.749. The number of nitrogens with two attached hydrogens (primary N) is 1. The summed E-state index contributed by atoms with van der Waals surface area (Å²) in [6.45, 7) is -0.195. The summed E-state index contributed by atoms with van der Waals surface area (Å²) in [7, 11) is 0. The molecule has 0 saturated carbocycles. The number of hydrogen-bond acceptors (Lipinski definition) is 4. The van der Waals surface area contributed by atoms with E-state index in [1.165, 1.54) is 12.4 Å². The first kappa shape index (κ1) is 13.0. The molecule has 0 radical (unpaired) electrons. The number of rotatable bonds is 3. The lowest BCUT2D eigenvalue weighted by Crippen LogP contribution is -2.57. The van der Waals surface area contributed by atoms with Gasteiger partial charge in [0.15, 0.2) is 6.04 Å². The number of aromatic nitrogens is 1. The Morgan fingerprint density at radius 2 is 2.11 bits per heavy atom. The third kappa shape index (κ3) is 2.25. The molecule has 100 valence electrons. The monoisotopic (exact) mass is 265 g/mol. The topological polar surface area (TPSA) is 122 Å². The van der Waals surface area contributed by atoms with Gasteiger partial charge in [0.05, 0.1) is 0 Å². The zero-order valence-corrected chi connectivity index (χ0v) is 9.94. The highest BCUT2D eigenvalue weighted by atomic mass is 16.4. The van der Waals surface area contributed by atoms with Gasteiger partial charge in [-0.05, 0) is 12.1 Å². The Balaban J connectivity index is 2.32. The molecule has 8 heteroatoms. The van der Waals surface area contributed by atoms with E-state index in [1.807, 2.05) is 0 Å². The van der Waals surface area contributed by atoms with Crippen molar-refractivity contribution in [1.29, 1.82) is 0 Å². The Morgan fingerprint density at radius 1 is 1.47 bits per heavy atom. The smallest absolute Gasteiger partial charge is 0.426 e. The van der Waals surface area contributed by atoms with Crippen LogP contribution in [0.15, 0.2) is 24.5 Å². The number of carboxylic acids is 1. The van der Waals surface area contributed by atoms with Gasteiger partial charge in [-0.3, -0.25) is 10.3 Å². The highest BCUT2D eigenvalue weighted by Crippen LogP contribution is 2.21. The van der Waals surface area contributed by atoms with Crippen LogP contribution in [0.25, 0.3) is 0 Å². The van der Waals surface area contributed by atoms with E-state index in [4.69, 9.17) is 10.8 Å². The number of nitrogens with zero attached hydrogens (tertiary/aromatic N) is 2. The molecule has 1 aliphatic rings. The quantitative estimate of drug-likeness (QED) is 0.645. The van der Waals surface area contributed by atoms with E-state index >= 15 is 0 Å². The minimum atomic E-state index is -1.19. The van der Waals surface area contributed by atoms with Gasteiger partial charge >= 0.3 is 18.0 Å². The second-order valence-corrected chi connectivity index (χ2v) is 4.34.